The second-order valence-corrected chi connectivity index (χ2v) is 6.22. The largest absolute Gasteiger partial charge is 0.493 e. The number of likely N-dealkylation sites (N-methyl/N-ethyl adjacent to an activating group) is 1. The second kappa shape index (κ2) is 10.8. The van der Waals surface area contributed by atoms with Crippen molar-refractivity contribution in [1.82, 2.24) is 10.2 Å². The van der Waals surface area contributed by atoms with E-state index in [9.17, 15) is 4.79 Å². The van der Waals surface area contributed by atoms with Crippen molar-refractivity contribution in [2.45, 2.75) is 13.5 Å². The van der Waals surface area contributed by atoms with Crippen LogP contribution in [-0.2, 0) is 11.3 Å². The Morgan fingerprint density at radius 1 is 1.11 bits per heavy atom. The van der Waals surface area contributed by atoms with Gasteiger partial charge in [0, 0.05) is 25.8 Å². The van der Waals surface area contributed by atoms with Crippen molar-refractivity contribution in [3.63, 3.8) is 0 Å². The topological polar surface area (TPSA) is 75.2 Å². The number of anilines is 1. The lowest BCUT2D eigenvalue weighted by Crippen LogP contribution is -2.39. The Bertz CT molecular complexity index is 791. The van der Waals surface area contributed by atoms with Crippen LogP contribution in [0, 0.1) is 0 Å². The first-order valence-electron chi connectivity index (χ1n) is 9.13. The first-order valence-corrected chi connectivity index (χ1v) is 9.13. The molecule has 0 aliphatic carbocycles. The molecule has 7 heteroatoms. The molecule has 0 radical (unpaired) electrons. The summed E-state index contributed by atoms with van der Waals surface area (Å²) in [6.07, 6.45) is 0. The predicted molar refractivity (Wildman–Crippen MR) is 112 cm³/mol. The lowest BCUT2D eigenvalue weighted by atomic mass is 10.2. The number of nitrogens with one attached hydrogen (secondary N) is 2. The van der Waals surface area contributed by atoms with Gasteiger partial charge in [-0.15, -0.1) is 0 Å². The highest BCUT2D eigenvalue weighted by molar-refractivity contribution is 5.96. The average Bonchev–Trinajstić information content (AvgIpc) is 2.71. The average molecular weight is 384 g/mol. The second-order valence-electron chi connectivity index (χ2n) is 6.22. The van der Waals surface area contributed by atoms with Crippen LogP contribution in [0.4, 0.5) is 5.69 Å². The van der Waals surface area contributed by atoms with Crippen LogP contribution in [-0.4, -0.2) is 51.1 Å². The van der Waals surface area contributed by atoms with Gasteiger partial charge in [-0.2, -0.15) is 0 Å². The summed E-state index contributed by atoms with van der Waals surface area (Å²) in [5, 5.41) is 6.29. The number of aliphatic imine (C=N–C) groups is 1. The molecule has 2 aromatic rings. The van der Waals surface area contributed by atoms with Crippen LogP contribution in [0.3, 0.4) is 0 Å². The molecule has 0 saturated heterocycles. The molecule has 7 nitrogen and oxygen atoms in total. The number of hydrogen-bond acceptors (Lipinski definition) is 4. The first kappa shape index (κ1) is 21.1. The fourth-order valence-electron chi connectivity index (χ4n) is 2.37. The van der Waals surface area contributed by atoms with E-state index in [4.69, 9.17) is 9.47 Å². The van der Waals surface area contributed by atoms with Crippen LogP contribution in [0.5, 0.6) is 11.5 Å². The molecule has 2 N–H and O–H groups in total. The zero-order valence-electron chi connectivity index (χ0n) is 16.9. The lowest BCUT2D eigenvalue weighted by molar-refractivity contribution is -0.127. The number of nitrogens with zero attached hydrogens (tertiary/aromatic N) is 2. The molecule has 2 rings (SSSR count). The highest BCUT2D eigenvalue weighted by atomic mass is 16.5. The molecular formula is C21H28N4O3. The summed E-state index contributed by atoms with van der Waals surface area (Å²) in [4.78, 5) is 18.1. The highest BCUT2D eigenvalue weighted by Gasteiger charge is 2.09. The highest BCUT2D eigenvalue weighted by Crippen LogP contribution is 2.30. The molecule has 0 atom stereocenters. The Morgan fingerprint density at radius 2 is 1.86 bits per heavy atom. The molecule has 0 bridgehead atoms. The van der Waals surface area contributed by atoms with Crippen LogP contribution in [0.25, 0.3) is 0 Å². The molecule has 0 aliphatic heterocycles. The number of benzene rings is 2. The zero-order chi connectivity index (χ0) is 20.4. The third-order valence-corrected chi connectivity index (χ3v) is 3.89. The van der Waals surface area contributed by atoms with Crippen molar-refractivity contribution in [2.75, 3.05) is 39.7 Å². The molecule has 28 heavy (non-hydrogen) atoms. The van der Waals surface area contributed by atoms with Crippen LogP contribution >= 0.6 is 0 Å². The molecule has 0 saturated carbocycles. The van der Waals surface area contributed by atoms with Crippen molar-refractivity contribution in [1.29, 1.82) is 0 Å². The number of carbonyl (C=O) groups is 1. The van der Waals surface area contributed by atoms with Gasteiger partial charge in [-0.3, -0.25) is 4.79 Å². The molecule has 0 aromatic heterocycles. The van der Waals surface area contributed by atoms with Gasteiger partial charge in [0.15, 0.2) is 17.5 Å². The van der Waals surface area contributed by atoms with Crippen molar-refractivity contribution in [2.24, 2.45) is 4.99 Å². The monoisotopic (exact) mass is 384 g/mol. The van der Waals surface area contributed by atoms with Gasteiger partial charge in [0.25, 0.3) is 0 Å². The minimum Gasteiger partial charge on any atom is -0.493 e. The molecular weight excluding hydrogens is 356 g/mol. The molecule has 0 heterocycles. The van der Waals surface area contributed by atoms with E-state index in [1.54, 1.807) is 21.2 Å². The van der Waals surface area contributed by atoms with Crippen molar-refractivity contribution >= 4 is 17.6 Å². The van der Waals surface area contributed by atoms with E-state index in [0.717, 1.165) is 11.3 Å². The van der Waals surface area contributed by atoms with E-state index in [0.29, 0.717) is 30.6 Å². The molecule has 0 unspecified atom stereocenters. The number of rotatable bonds is 8. The minimum absolute atomic E-state index is 0.0431. The smallest absolute Gasteiger partial charge is 0.241 e. The van der Waals surface area contributed by atoms with Gasteiger partial charge in [0.1, 0.15) is 0 Å². The predicted octanol–water partition coefficient (Wildman–Crippen LogP) is 2.74. The van der Waals surface area contributed by atoms with E-state index in [2.05, 4.69) is 15.6 Å². The summed E-state index contributed by atoms with van der Waals surface area (Å²) in [5.41, 5.74) is 1.85. The fraction of sp³-hybridized carbons (Fsp3) is 0.333. The first-order chi connectivity index (χ1) is 13.5. The summed E-state index contributed by atoms with van der Waals surface area (Å²) in [6.45, 7) is 3.11. The Balaban J connectivity index is 2.17. The Hall–Kier alpha value is -3.22. The van der Waals surface area contributed by atoms with Crippen LogP contribution in [0.1, 0.15) is 12.5 Å². The molecule has 0 aliphatic rings. The molecule has 1 amide bonds. The fourth-order valence-corrected chi connectivity index (χ4v) is 2.37. The maximum absolute atomic E-state index is 11.9. The molecule has 2 aromatic carbocycles. The van der Waals surface area contributed by atoms with Gasteiger partial charge in [0.2, 0.25) is 5.91 Å². The lowest BCUT2D eigenvalue weighted by Gasteiger charge is -2.16. The van der Waals surface area contributed by atoms with Gasteiger partial charge in [-0.1, -0.05) is 30.3 Å². The standard InChI is InChI=1S/C21H28N4O3/c1-5-28-18-12-11-17(13-19(18)27-4)24-21(23-15-20(26)25(2)3)22-14-16-9-7-6-8-10-16/h6-13H,5,14-15H2,1-4H3,(H2,22,23,24). The van der Waals surface area contributed by atoms with E-state index < -0.39 is 0 Å². The maximum atomic E-state index is 11.9. The van der Waals surface area contributed by atoms with Crippen LogP contribution < -0.4 is 20.1 Å². The number of methoxy groups -OCH3 is 1. The van der Waals surface area contributed by atoms with Gasteiger partial charge >= 0.3 is 0 Å². The van der Waals surface area contributed by atoms with Gasteiger partial charge in [-0.25, -0.2) is 4.99 Å². The van der Waals surface area contributed by atoms with Crippen LogP contribution in [0.15, 0.2) is 53.5 Å². The van der Waals surface area contributed by atoms with Crippen molar-refractivity contribution in [3.05, 3.63) is 54.1 Å². The number of hydrogen-bond donors (Lipinski definition) is 2. The Labute approximate surface area is 166 Å². The summed E-state index contributed by atoms with van der Waals surface area (Å²) < 4.78 is 10.9. The maximum Gasteiger partial charge on any atom is 0.241 e. The van der Waals surface area contributed by atoms with Gasteiger partial charge in [-0.05, 0) is 24.6 Å². The number of ether oxygens (including phenoxy) is 2. The Kier molecular flexibility index (Phi) is 8.14. The van der Waals surface area contributed by atoms with Crippen molar-refractivity contribution < 1.29 is 14.3 Å². The number of guanidine groups is 1. The molecule has 0 spiro atoms. The normalized spacial score (nSPS) is 10.9. The van der Waals surface area contributed by atoms with Gasteiger partial charge < -0.3 is 25.0 Å². The third-order valence-electron chi connectivity index (χ3n) is 3.89. The van der Waals surface area contributed by atoms with Crippen LogP contribution in [0.2, 0.25) is 0 Å². The van der Waals surface area contributed by atoms with E-state index in [-0.39, 0.29) is 12.5 Å². The zero-order valence-corrected chi connectivity index (χ0v) is 16.9. The molecule has 0 fully saturated rings. The number of carbonyl (C=O) groups excluding carboxylic acids is 1. The van der Waals surface area contributed by atoms with Crippen molar-refractivity contribution in [3.8, 4) is 11.5 Å². The SMILES string of the molecule is CCOc1ccc(NC(=NCc2ccccc2)NCC(=O)N(C)C)cc1OC. The molecule has 150 valence electrons. The third kappa shape index (κ3) is 6.50. The van der Waals surface area contributed by atoms with E-state index in [1.165, 1.54) is 4.90 Å². The van der Waals surface area contributed by atoms with E-state index in [1.807, 2.05) is 55.5 Å². The quantitative estimate of drug-likeness (QED) is 0.541. The summed E-state index contributed by atoms with van der Waals surface area (Å²) in [5.74, 6) is 1.76. The van der Waals surface area contributed by atoms with E-state index >= 15 is 0 Å². The van der Waals surface area contributed by atoms with Gasteiger partial charge in [0.05, 0.1) is 26.8 Å². The Morgan fingerprint density at radius 3 is 2.50 bits per heavy atom. The summed E-state index contributed by atoms with van der Waals surface area (Å²) in [6, 6.07) is 15.5. The summed E-state index contributed by atoms with van der Waals surface area (Å²) >= 11 is 0. The number of amides is 1. The summed E-state index contributed by atoms with van der Waals surface area (Å²) in [7, 11) is 5.03. The minimum atomic E-state index is -0.0431.